The number of thioether (sulfide) groups is 1. The van der Waals surface area contributed by atoms with Gasteiger partial charge in [-0.2, -0.15) is 0 Å². The quantitative estimate of drug-likeness (QED) is 0.182. The third-order valence-corrected chi connectivity index (χ3v) is 6.89. The minimum atomic E-state index is -0.986. The molecule has 1 amide bonds. The van der Waals surface area contributed by atoms with Gasteiger partial charge in [-0.3, -0.25) is 9.88 Å². The summed E-state index contributed by atoms with van der Waals surface area (Å²) in [4.78, 5) is 22.2. The molecule has 0 spiro atoms. The highest BCUT2D eigenvalue weighted by atomic mass is 32.2. The van der Waals surface area contributed by atoms with Gasteiger partial charge in [-0.15, -0.1) is 11.8 Å². The van der Waals surface area contributed by atoms with Crippen LogP contribution < -0.4 is 19.1 Å². The summed E-state index contributed by atoms with van der Waals surface area (Å²) in [6.07, 6.45) is 3.14. The fourth-order valence-corrected chi connectivity index (χ4v) is 4.77. The number of hydrogen-bond acceptors (Lipinski definition) is 7. The van der Waals surface area contributed by atoms with Crippen LogP contribution >= 0.6 is 11.8 Å². The summed E-state index contributed by atoms with van der Waals surface area (Å²) in [5.41, 5.74) is 2.98. The molecule has 0 atom stereocenters. The molecule has 0 radical (unpaired) electrons. The van der Waals surface area contributed by atoms with Crippen molar-refractivity contribution in [2.75, 3.05) is 31.4 Å². The Morgan fingerprint density at radius 1 is 0.919 bits per heavy atom. The molecule has 2 aromatic heterocycles. The van der Waals surface area contributed by atoms with Gasteiger partial charge in [-0.05, 0) is 67.8 Å². The molecular weight excluding hydrogens is 490 g/mol. The van der Waals surface area contributed by atoms with Crippen molar-refractivity contribution in [1.29, 1.82) is 0 Å². The van der Waals surface area contributed by atoms with Crippen LogP contribution in [0.5, 0.6) is 23.0 Å². The van der Waals surface area contributed by atoms with Gasteiger partial charge >= 0.3 is 6.09 Å². The largest absolute Gasteiger partial charge is 0.493 e. The lowest BCUT2D eigenvalue weighted by molar-refractivity contribution is 0.201. The van der Waals surface area contributed by atoms with Gasteiger partial charge < -0.3 is 19.3 Å². The third kappa shape index (κ3) is 6.06. The van der Waals surface area contributed by atoms with Crippen LogP contribution in [-0.2, 0) is 0 Å². The molecular formula is C28H29N3O5S. The van der Waals surface area contributed by atoms with Crippen molar-refractivity contribution in [3.63, 3.8) is 0 Å². The zero-order chi connectivity index (χ0) is 26.4. The smallest absolute Gasteiger partial charge is 0.411 e. The number of aryl methyl sites for hydroxylation is 2. The molecule has 0 saturated heterocycles. The number of aromatic nitrogens is 2. The topological polar surface area (TPSA) is 94.0 Å². The first-order chi connectivity index (χ1) is 17.9. The van der Waals surface area contributed by atoms with Crippen LogP contribution in [0.1, 0.15) is 17.5 Å². The molecule has 0 unspecified atom stereocenters. The van der Waals surface area contributed by atoms with Crippen molar-refractivity contribution in [1.82, 2.24) is 9.97 Å². The Balaban J connectivity index is 1.54. The van der Waals surface area contributed by atoms with E-state index in [1.54, 1.807) is 50.5 Å². The number of amides is 1. The molecule has 0 aliphatic carbocycles. The van der Waals surface area contributed by atoms with Gasteiger partial charge in [0.05, 0.1) is 30.4 Å². The van der Waals surface area contributed by atoms with E-state index in [0.717, 1.165) is 27.3 Å². The Morgan fingerprint density at radius 2 is 1.70 bits per heavy atom. The SMILES string of the molecule is COc1cc2nccc(Oc3cc(C)c(N(CCCSc4ccccn4)C(=O)O)cc3C)c2cc1OC. The van der Waals surface area contributed by atoms with E-state index in [-0.39, 0.29) is 0 Å². The number of fused-ring (bicyclic) bond motifs is 1. The maximum absolute atomic E-state index is 12.1. The van der Waals surface area contributed by atoms with Crippen molar-refractivity contribution in [3.05, 3.63) is 72.1 Å². The number of hydrogen-bond donors (Lipinski definition) is 1. The predicted molar refractivity (Wildman–Crippen MR) is 146 cm³/mol. The second kappa shape index (κ2) is 11.8. The summed E-state index contributed by atoms with van der Waals surface area (Å²) < 4.78 is 17.1. The van der Waals surface area contributed by atoms with E-state index in [1.807, 2.05) is 50.2 Å². The van der Waals surface area contributed by atoms with E-state index in [0.29, 0.717) is 47.2 Å². The Labute approximate surface area is 220 Å². The van der Waals surface area contributed by atoms with Crippen molar-refractivity contribution >= 4 is 34.4 Å². The predicted octanol–water partition coefficient (Wildman–Crippen LogP) is 6.72. The number of nitrogens with zero attached hydrogens (tertiary/aromatic N) is 3. The highest BCUT2D eigenvalue weighted by Gasteiger charge is 2.19. The molecule has 0 aliphatic heterocycles. The molecule has 0 fully saturated rings. The normalized spacial score (nSPS) is 10.8. The molecule has 1 N–H and O–H groups in total. The maximum atomic E-state index is 12.1. The van der Waals surface area contributed by atoms with E-state index < -0.39 is 6.09 Å². The van der Waals surface area contributed by atoms with E-state index in [1.165, 1.54) is 4.90 Å². The monoisotopic (exact) mass is 519 g/mol. The molecule has 4 rings (SSSR count). The summed E-state index contributed by atoms with van der Waals surface area (Å²) in [5.74, 6) is 3.18. The molecule has 9 heteroatoms. The van der Waals surface area contributed by atoms with E-state index in [2.05, 4.69) is 9.97 Å². The first-order valence-electron chi connectivity index (χ1n) is 11.8. The van der Waals surface area contributed by atoms with Gasteiger partial charge in [0.2, 0.25) is 0 Å². The number of anilines is 1. The summed E-state index contributed by atoms with van der Waals surface area (Å²) in [7, 11) is 3.16. The van der Waals surface area contributed by atoms with Crippen LogP contribution in [0.4, 0.5) is 10.5 Å². The zero-order valence-electron chi connectivity index (χ0n) is 21.2. The molecule has 0 aliphatic rings. The van der Waals surface area contributed by atoms with Crippen LogP contribution in [0.3, 0.4) is 0 Å². The van der Waals surface area contributed by atoms with Crippen molar-refractivity contribution in [2.45, 2.75) is 25.3 Å². The van der Waals surface area contributed by atoms with Gasteiger partial charge in [0.1, 0.15) is 11.5 Å². The fraction of sp³-hybridized carbons (Fsp3) is 0.250. The van der Waals surface area contributed by atoms with Gasteiger partial charge in [0.15, 0.2) is 11.5 Å². The summed E-state index contributed by atoms with van der Waals surface area (Å²) in [6.45, 7) is 4.17. The van der Waals surface area contributed by atoms with Gasteiger partial charge in [0, 0.05) is 36.1 Å². The van der Waals surface area contributed by atoms with Gasteiger partial charge in [-0.25, -0.2) is 9.78 Å². The summed E-state index contributed by atoms with van der Waals surface area (Å²) in [6, 6.07) is 14.9. The van der Waals surface area contributed by atoms with E-state index in [9.17, 15) is 9.90 Å². The lowest BCUT2D eigenvalue weighted by Crippen LogP contribution is -2.31. The van der Waals surface area contributed by atoms with Crippen LogP contribution in [0.2, 0.25) is 0 Å². The molecule has 4 aromatic rings. The first-order valence-corrected chi connectivity index (χ1v) is 12.7. The van der Waals surface area contributed by atoms with Crippen LogP contribution in [0, 0.1) is 13.8 Å². The molecule has 2 aromatic carbocycles. The number of rotatable bonds is 10. The van der Waals surface area contributed by atoms with Crippen molar-refractivity contribution < 1.29 is 24.1 Å². The Bertz CT molecular complexity index is 1400. The van der Waals surface area contributed by atoms with Crippen molar-refractivity contribution in [3.8, 4) is 23.0 Å². The minimum Gasteiger partial charge on any atom is -0.493 e. The molecule has 0 bridgehead atoms. The number of methoxy groups -OCH3 is 2. The van der Waals surface area contributed by atoms with Crippen molar-refractivity contribution in [2.24, 2.45) is 0 Å². The number of benzene rings is 2. The average Bonchev–Trinajstić information content (AvgIpc) is 2.90. The molecule has 192 valence electrons. The Hall–Kier alpha value is -3.98. The molecule has 8 nitrogen and oxygen atoms in total. The van der Waals surface area contributed by atoms with E-state index in [4.69, 9.17) is 14.2 Å². The molecule has 0 saturated carbocycles. The van der Waals surface area contributed by atoms with Gasteiger partial charge in [0.25, 0.3) is 0 Å². The lowest BCUT2D eigenvalue weighted by atomic mass is 10.1. The Morgan fingerprint density at radius 3 is 2.41 bits per heavy atom. The zero-order valence-corrected chi connectivity index (χ0v) is 22.0. The van der Waals surface area contributed by atoms with E-state index >= 15 is 0 Å². The summed E-state index contributed by atoms with van der Waals surface area (Å²) >= 11 is 1.61. The number of ether oxygens (including phenoxy) is 3. The summed E-state index contributed by atoms with van der Waals surface area (Å²) in [5, 5.41) is 11.6. The average molecular weight is 520 g/mol. The highest BCUT2D eigenvalue weighted by Crippen LogP contribution is 2.38. The second-order valence-electron chi connectivity index (χ2n) is 8.34. The van der Waals surface area contributed by atoms with Gasteiger partial charge in [-0.1, -0.05) is 6.07 Å². The second-order valence-corrected chi connectivity index (χ2v) is 9.46. The van der Waals surface area contributed by atoms with Crippen LogP contribution in [0.15, 0.2) is 66.0 Å². The minimum absolute atomic E-state index is 0.381. The molecule has 2 heterocycles. The maximum Gasteiger partial charge on any atom is 0.411 e. The number of pyridine rings is 2. The highest BCUT2D eigenvalue weighted by molar-refractivity contribution is 7.99. The third-order valence-electron chi connectivity index (χ3n) is 5.86. The van der Waals surface area contributed by atoms with Crippen LogP contribution in [0.25, 0.3) is 10.9 Å². The Kier molecular flexibility index (Phi) is 8.35. The lowest BCUT2D eigenvalue weighted by Gasteiger charge is -2.23. The first kappa shape index (κ1) is 26.1. The number of carbonyl (C=O) groups is 1. The molecule has 37 heavy (non-hydrogen) atoms. The number of carboxylic acid groups (broad SMARTS) is 1. The standard InChI is InChI=1S/C28H29N3O5S/c1-18-15-24(36-23-9-11-29-21-17-26(35-4)25(34-3)16-20(21)23)19(2)14-22(18)31(28(32)33)12-7-13-37-27-8-5-6-10-30-27/h5-6,8-11,14-17H,7,12-13H2,1-4H3,(H,32,33). The van der Waals surface area contributed by atoms with Crippen LogP contribution in [-0.4, -0.2) is 47.7 Å². The fourth-order valence-electron chi connectivity index (χ4n) is 3.98.